The zero-order valence-corrected chi connectivity index (χ0v) is 16.5. The SMILES string of the molecule is CCN(CC)S(=O)(=O)CCNC(=NC)NC(C)(C)C.I. The predicted molar refractivity (Wildman–Crippen MR) is 96.4 cm³/mol. The van der Waals surface area contributed by atoms with Gasteiger partial charge in [-0.3, -0.25) is 4.99 Å². The molecular formula is C12H29IN4O2S. The summed E-state index contributed by atoms with van der Waals surface area (Å²) in [5, 5.41) is 6.20. The smallest absolute Gasteiger partial charge is 0.215 e. The highest BCUT2D eigenvalue weighted by atomic mass is 127. The van der Waals surface area contributed by atoms with Gasteiger partial charge in [-0.1, -0.05) is 13.8 Å². The second-order valence-electron chi connectivity index (χ2n) is 5.27. The summed E-state index contributed by atoms with van der Waals surface area (Å²) < 4.78 is 25.4. The number of sulfonamides is 1. The van der Waals surface area contributed by atoms with Crippen LogP contribution in [0, 0.1) is 0 Å². The third-order valence-electron chi connectivity index (χ3n) is 2.47. The molecule has 0 rings (SSSR count). The first-order valence-electron chi connectivity index (χ1n) is 6.63. The molecule has 0 aromatic carbocycles. The maximum absolute atomic E-state index is 12.0. The van der Waals surface area contributed by atoms with Crippen molar-refractivity contribution >= 4 is 40.0 Å². The molecule has 0 bridgehead atoms. The molecule has 0 atom stereocenters. The highest BCUT2D eigenvalue weighted by molar-refractivity contribution is 14.0. The summed E-state index contributed by atoms with van der Waals surface area (Å²) in [6.45, 7) is 11.1. The van der Waals surface area contributed by atoms with Crippen molar-refractivity contribution in [2.75, 3.05) is 32.4 Å². The molecule has 0 saturated carbocycles. The van der Waals surface area contributed by atoms with Crippen LogP contribution in [-0.4, -0.2) is 56.7 Å². The zero-order chi connectivity index (χ0) is 15.1. The van der Waals surface area contributed by atoms with Gasteiger partial charge in [-0.15, -0.1) is 24.0 Å². The quantitative estimate of drug-likeness (QED) is 0.385. The molecule has 0 aliphatic rings. The molecule has 0 unspecified atom stereocenters. The van der Waals surface area contributed by atoms with Crippen LogP contribution in [0.5, 0.6) is 0 Å². The van der Waals surface area contributed by atoms with E-state index in [1.165, 1.54) is 4.31 Å². The first-order valence-corrected chi connectivity index (χ1v) is 8.23. The normalized spacial score (nSPS) is 13.1. The van der Waals surface area contributed by atoms with Crippen LogP contribution in [0.2, 0.25) is 0 Å². The van der Waals surface area contributed by atoms with Crippen molar-refractivity contribution in [1.82, 2.24) is 14.9 Å². The van der Waals surface area contributed by atoms with E-state index in [1.807, 2.05) is 34.6 Å². The molecule has 0 fully saturated rings. The Morgan fingerprint density at radius 2 is 1.70 bits per heavy atom. The number of hydrogen-bond donors (Lipinski definition) is 2. The molecule has 0 aliphatic heterocycles. The molecule has 0 aromatic rings. The summed E-state index contributed by atoms with van der Waals surface area (Å²) in [7, 11) is -1.52. The van der Waals surface area contributed by atoms with Gasteiger partial charge in [0.25, 0.3) is 0 Å². The van der Waals surface area contributed by atoms with Gasteiger partial charge in [-0.2, -0.15) is 0 Å². The van der Waals surface area contributed by atoms with E-state index in [0.29, 0.717) is 25.6 Å². The fourth-order valence-corrected chi connectivity index (χ4v) is 2.98. The molecule has 0 amide bonds. The summed E-state index contributed by atoms with van der Waals surface area (Å²) in [6.07, 6.45) is 0. The predicted octanol–water partition coefficient (Wildman–Crippen LogP) is 1.24. The van der Waals surface area contributed by atoms with E-state index >= 15 is 0 Å². The zero-order valence-electron chi connectivity index (χ0n) is 13.4. The molecule has 0 heterocycles. The molecule has 2 N–H and O–H groups in total. The lowest BCUT2D eigenvalue weighted by Gasteiger charge is -2.24. The lowest BCUT2D eigenvalue weighted by molar-refractivity contribution is 0.444. The minimum atomic E-state index is -3.18. The van der Waals surface area contributed by atoms with Crippen molar-refractivity contribution in [3.63, 3.8) is 0 Å². The largest absolute Gasteiger partial charge is 0.355 e. The van der Waals surface area contributed by atoms with Crippen molar-refractivity contribution < 1.29 is 8.42 Å². The van der Waals surface area contributed by atoms with Gasteiger partial charge in [0.15, 0.2) is 5.96 Å². The monoisotopic (exact) mass is 420 g/mol. The molecular weight excluding hydrogens is 391 g/mol. The van der Waals surface area contributed by atoms with Crippen LogP contribution < -0.4 is 10.6 Å². The lowest BCUT2D eigenvalue weighted by Crippen LogP contribution is -2.49. The van der Waals surface area contributed by atoms with Gasteiger partial charge in [-0.25, -0.2) is 12.7 Å². The van der Waals surface area contributed by atoms with Crippen LogP contribution in [0.4, 0.5) is 0 Å². The number of rotatable bonds is 6. The number of nitrogens with one attached hydrogen (secondary N) is 2. The van der Waals surface area contributed by atoms with Gasteiger partial charge >= 0.3 is 0 Å². The molecule has 0 aliphatic carbocycles. The van der Waals surface area contributed by atoms with Crippen molar-refractivity contribution in [3.05, 3.63) is 0 Å². The molecule has 0 radical (unpaired) electrons. The number of nitrogens with zero attached hydrogens (tertiary/aromatic N) is 2. The fraction of sp³-hybridized carbons (Fsp3) is 0.917. The Balaban J connectivity index is 0. The number of halogens is 1. The fourth-order valence-electron chi connectivity index (χ4n) is 1.58. The summed E-state index contributed by atoms with van der Waals surface area (Å²) in [4.78, 5) is 4.06. The maximum atomic E-state index is 12.0. The first-order chi connectivity index (χ1) is 8.66. The van der Waals surface area contributed by atoms with E-state index in [0.717, 1.165) is 0 Å². The summed E-state index contributed by atoms with van der Waals surface area (Å²) in [5.74, 6) is 0.682. The Labute approximate surface area is 140 Å². The van der Waals surface area contributed by atoms with Gasteiger partial charge in [0, 0.05) is 32.2 Å². The van der Waals surface area contributed by atoms with Gasteiger partial charge in [-0.05, 0) is 20.8 Å². The van der Waals surface area contributed by atoms with Gasteiger partial charge in [0.2, 0.25) is 10.0 Å². The Kier molecular flexibility index (Phi) is 10.8. The maximum Gasteiger partial charge on any atom is 0.215 e. The Morgan fingerprint density at radius 1 is 1.20 bits per heavy atom. The third-order valence-corrected chi connectivity index (χ3v) is 4.49. The topological polar surface area (TPSA) is 73.8 Å². The first kappa shape index (κ1) is 22.2. The minimum Gasteiger partial charge on any atom is -0.355 e. The molecule has 8 heteroatoms. The minimum absolute atomic E-state index is 0. The van der Waals surface area contributed by atoms with Crippen LogP contribution in [0.15, 0.2) is 4.99 Å². The van der Waals surface area contributed by atoms with E-state index in [2.05, 4.69) is 15.6 Å². The van der Waals surface area contributed by atoms with Crippen molar-refractivity contribution in [1.29, 1.82) is 0 Å². The average molecular weight is 420 g/mol. The van der Waals surface area contributed by atoms with Crippen LogP contribution in [0.3, 0.4) is 0 Å². The highest BCUT2D eigenvalue weighted by Crippen LogP contribution is 2.00. The number of hydrogen-bond acceptors (Lipinski definition) is 3. The third kappa shape index (κ3) is 8.96. The van der Waals surface area contributed by atoms with Gasteiger partial charge < -0.3 is 10.6 Å². The van der Waals surface area contributed by atoms with Crippen molar-refractivity contribution in [2.24, 2.45) is 4.99 Å². The van der Waals surface area contributed by atoms with E-state index < -0.39 is 10.0 Å². The Bertz CT molecular complexity index is 387. The Hall–Kier alpha value is -0.0900. The van der Waals surface area contributed by atoms with Crippen LogP contribution >= 0.6 is 24.0 Å². The molecule has 0 saturated heterocycles. The summed E-state index contributed by atoms with van der Waals surface area (Å²) in [6, 6.07) is 0. The van der Waals surface area contributed by atoms with Crippen molar-refractivity contribution in [2.45, 2.75) is 40.2 Å². The number of guanidine groups is 1. The summed E-state index contributed by atoms with van der Waals surface area (Å²) in [5.41, 5.74) is -0.112. The second-order valence-corrected chi connectivity index (χ2v) is 7.36. The Morgan fingerprint density at radius 3 is 2.05 bits per heavy atom. The van der Waals surface area contributed by atoms with Gasteiger partial charge in [0.1, 0.15) is 0 Å². The van der Waals surface area contributed by atoms with E-state index in [4.69, 9.17) is 0 Å². The number of aliphatic imine (C=N–C) groups is 1. The molecule has 6 nitrogen and oxygen atoms in total. The average Bonchev–Trinajstić information content (AvgIpc) is 2.27. The van der Waals surface area contributed by atoms with Gasteiger partial charge in [0.05, 0.1) is 5.75 Å². The lowest BCUT2D eigenvalue weighted by atomic mass is 10.1. The van der Waals surface area contributed by atoms with Crippen molar-refractivity contribution in [3.8, 4) is 0 Å². The summed E-state index contributed by atoms with van der Waals surface area (Å²) >= 11 is 0. The van der Waals surface area contributed by atoms with Crippen LogP contribution in [0.25, 0.3) is 0 Å². The molecule has 0 aromatic heterocycles. The van der Waals surface area contributed by atoms with E-state index in [9.17, 15) is 8.42 Å². The molecule has 20 heavy (non-hydrogen) atoms. The van der Waals surface area contributed by atoms with Crippen LogP contribution in [-0.2, 0) is 10.0 Å². The molecule has 0 spiro atoms. The standard InChI is InChI=1S/C12H28N4O2S.HI/c1-7-16(8-2)19(17,18)10-9-14-11(13-6)15-12(3,4)5;/h7-10H2,1-6H3,(H2,13,14,15);1H. The van der Waals surface area contributed by atoms with Crippen LogP contribution in [0.1, 0.15) is 34.6 Å². The molecule has 122 valence electrons. The second kappa shape index (κ2) is 9.78. The van der Waals surface area contributed by atoms with E-state index in [1.54, 1.807) is 7.05 Å². The van der Waals surface area contributed by atoms with E-state index in [-0.39, 0.29) is 35.3 Å². The highest BCUT2D eigenvalue weighted by Gasteiger charge is 2.18.